The van der Waals surface area contributed by atoms with E-state index in [0.717, 1.165) is 50.2 Å². The topological polar surface area (TPSA) is 9.23 Å². The van der Waals surface area contributed by atoms with Crippen molar-refractivity contribution in [3.8, 4) is 5.75 Å². The largest absolute Gasteiger partial charge is 0.573 e. The molecule has 0 aromatic heterocycles. The van der Waals surface area contributed by atoms with E-state index >= 15 is 0 Å². The van der Waals surface area contributed by atoms with Gasteiger partial charge in [-0.1, -0.05) is 68.7 Å². The number of fused-ring (bicyclic) bond motifs is 3. The second-order valence-corrected chi connectivity index (χ2v) is 8.36. The average molecular weight is 430 g/mol. The molecule has 0 spiro atoms. The van der Waals surface area contributed by atoms with Crippen molar-refractivity contribution in [1.82, 2.24) is 0 Å². The second-order valence-electron chi connectivity index (χ2n) is 8.36. The number of hydrogen-bond acceptors (Lipinski definition) is 1. The van der Waals surface area contributed by atoms with Crippen molar-refractivity contribution < 1.29 is 22.3 Å². The highest BCUT2D eigenvalue weighted by molar-refractivity contribution is 5.87. The third-order valence-electron chi connectivity index (χ3n) is 6.37. The van der Waals surface area contributed by atoms with Crippen LogP contribution in [0.4, 0.5) is 17.6 Å². The van der Waals surface area contributed by atoms with Gasteiger partial charge in [-0.15, -0.1) is 13.2 Å². The first-order chi connectivity index (χ1) is 14.9. The molecule has 0 saturated carbocycles. The molecule has 3 aromatic rings. The molecule has 31 heavy (non-hydrogen) atoms. The first-order valence-electron chi connectivity index (χ1n) is 10.9. The average Bonchev–Trinajstić information content (AvgIpc) is 2.74. The van der Waals surface area contributed by atoms with E-state index in [1.165, 1.54) is 22.4 Å². The molecule has 0 saturated heterocycles. The lowest BCUT2D eigenvalue weighted by Gasteiger charge is -2.35. The van der Waals surface area contributed by atoms with Crippen LogP contribution < -0.4 is 4.74 Å². The predicted molar refractivity (Wildman–Crippen MR) is 115 cm³/mol. The van der Waals surface area contributed by atoms with Crippen LogP contribution in [0.2, 0.25) is 0 Å². The molecule has 0 aliphatic heterocycles. The van der Waals surface area contributed by atoms with Gasteiger partial charge in [-0.3, -0.25) is 0 Å². The maximum atomic E-state index is 14.6. The van der Waals surface area contributed by atoms with E-state index in [0.29, 0.717) is 11.5 Å². The molecule has 0 bridgehead atoms. The number of ether oxygens (including phenoxy) is 1. The highest BCUT2D eigenvalue weighted by Crippen LogP contribution is 2.46. The Morgan fingerprint density at radius 1 is 1.00 bits per heavy atom. The highest BCUT2D eigenvalue weighted by atomic mass is 19.4. The number of alkyl halides is 3. The van der Waals surface area contributed by atoms with Gasteiger partial charge in [0.05, 0.1) is 0 Å². The predicted octanol–water partition coefficient (Wildman–Crippen LogP) is 8.15. The maximum absolute atomic E-state index is 14.6. The van der Waals surface area contributed by atoms with Gasteiger partial charge in [-0.25, -0.2) is 4.39 Å². The Bertz CT molecular complexity index is 1060. The zero-order chi connectivity index (χ0) is 22.0. The van der Waals surface area contributed by atoms with Crippen LogP contribution in [0, 0.1) is 11.7 Å². The lowest BCUT2D eigenvalue weighted by atomic mass is 9.69. The number of unbranched alkanes of at least 4 members (excludes halogenated alkanes) is 2. The van der Waals surface area contributed by atoms with Crippen LogP contribution in [-0.2, 0) is 6.42 Å². The fraction of sp³-hybridized carbons (Fsp3) is 0.385. The third kappa shape index (κ3) is 4.70. The molecule has 2 atom stereocenters. The summed E-state index contributed by atoms with van der Waals surface area (Å²) < 4.78 is 56.1. The minimum atomic E-state index is -4.92. The Morgan fingerprint density at radius 3 is 2.55 bits per heavy atom. The molecule has 0 amide bonds. The summed E-state index contributed by atoms with van der Waals surface area (Å²) in [6, 6.07) is 16.4. The first-order valence-corrected chi connectivity index (χ1v) is 10.9. The molecule has 1 aliphatic carbocycles. The standard InChI is InChI=1S/C26H26F4O/c1-2-3-4-8-18-11-13-21-20-9-6-5-7-17(20)10-14-22(21)25(18)19-12-15-24(23(27)16-19)31-26(28,29)30/h5-7,9-10,12,14-16,18,25H,2-4,8,11,13H2,1H3/t18-,25-/m1/s1. The SMILES string of the molecule is CCCCC[C@@H]1CCc2c(ccc3ccccc23)[C@H]1c1ccc(OC(F)(F)F)c(F)c1. The van der Waals surface area contributed by atoms with Crippen molar-refractivity contribution in [3.63, 3.8) is 0 Å². The Labute approximate surface area is 180 Å². The van der Waals surface area contributed by atoms with Crippen LogP contribution in [0.25, 0.3) is 10.8 Å². The van der Waals surface area contributed by atoms with Crippen molar-refractivity contribution in [1.29, 1.82) is 0 Å². The molecule has 3 aromatic carbocycles. The Hall–Kier alpha value is -2.56. The van der Waals surface area contributed by atoms with Gasteiger partial charge in [0.25, 0.3) is 0 Å². The van der Waals surface area contributed by atoms with Gasteiger partial charge >= 0.3 is 6.36 Å². The summed E-state index contributed by atoms with van der Waals surface area (Å²) in [6.45, 7) is 2.16. The molecule has 0 heterocycles. The minimum absolute atomic E-state index is 0.0420. The van der Waals surface area contributed by atoms with Crippen molar-refractivity contribution in [2.45, 2.75) is 57.7 Å². The Morgan fingerprint density at radius 2 is 1.81 bits per heavy atom. The highest BCUT2D eigenvalue weighted by Gasteiger charge is 2.34. The molecule has 5 heteroatoms. The van der Waals surface area contributed by atoms with E-state index in [1.807, 2.05) is 12.1 Å². The summed E-state index contributed by atoms with van der Waals surface area (Å²) in [4.78, 5) is 0. The molecule has 0 fully saturated rings. The molecule has 164 valence electrons. The van der Waals surface area contributed by atoms with Crippen LogP contribution in [0.3, 0.4) is 0 Å². The van der Waals surface area contributed by atoms with Gasteiger partial charge < -0.3 is 4.74 Å². The molecule has 4 rings (SSSR count). The summed E-state index contributed by atoms with van der Waals surface area (Å²) in [6.07, 6.45) is 1.41. The van der Waals surface area contributed by atoms with Gasteiger partial charge in [0.15, 0.2) is 11.6 Å². The zero-order valence-corrected chi connectivity index (χ0v) is 17.5. The van der Waals surface area contributed by atoms with E-state index in [4.69, 9.17) is 0 Å². The van der Waals surface area contributed by atoms with Crippen LogP contribution in [-0.4, -0.2) is 6.36 Å². The summed E-state index contributed by atoms with van der Waals surface area (Å²) in [5, 5.41) is 2.37. The molecular weight excluding hydrogens is 404 g/mol. The summed E-state index contributed by atoms with van der Waals surface area (Å²) in [5.41, 5.74) is 3.14. The van der Waals surface area contributed by atoms with Gasteiger partial charge in [-0.2, -0.15) is 0 Å². The van der Waals surface area contributed by atoms with Crippen molar-refractivity contribution in [2.75, 3.05) is 0 Å². The van der Waals surface area contributed by atoms with Crippen LogP contribution in [0.5, 0.6) is 5.75 Å². The van der Waals surface area contributed by atoms with Crippen molar-refractivity contribution >= 4 is 10.8 Å². The quantitative estimate of drug-likeness (QED) is 0.283. The lowest BCUT2D eigenvalue weighted by Crippen LogP contribution is -2.23. The van der Waals surface area contributed by atoms with Crippen LogP contribution in [0.15, 0.2) is 54.6 Å². The van der Waals surface area contributed by atoms with E-state index in [-0.39, 0.29) is 5.92 Å². The lowest BCUT2D eigenvalue weighted by molar-refractivity contribution is -0.275. The number of hydrogen-bond donors (Lipinski definition) is 0. The minimum Gasteiger partial charge on any atom is -0.403 e. The normalized spacial score (nSPS) is 18.7. The molecule has 1 nitrogen and oxygen atoms in total. The fourth-order valence-corrected chi connectivity index (χ4v) is 5.01. The second kappa shape index (κ2) is 8.89. The molecule has 0 radical (unpaired) electrons. The first kappa shape index (κ1) is 21.7. The number of halogens is 4. The van der Waals surface area contributed by atoms with E-state index in [1.54, 1.807) is 6.07 Å². The Kier molecular flexibility index (Phi) is 6.22. The summed E-state index contributed by atoms with van der Waals surface area (Å²) in [7, 11) is 0. The molecule has 1 aliphatic rings. The van der Waals surface area contributed by atoms with Gasteiger partial charge in [0, 0.05) is 5.92 Å². The van der Waals surface area contributed by atoms with Gasteiger partial charge in [-0.05, 0) is 64.8 Å². The molecule has 0 N–H and O–H groups in total. The number of aryl methyl sites for hydroxylation is 1. The smallest absolute Gasteiger partial charge is 0.403 e. The zero-order valence-electron chi connectivity index (χ0n) is 17.5. The van der Waals surface area contributed by atoms with E-state index < -0.39 is 17.9 Å². The van der Waals surface area contributed by atoms with Crippen LogP contribution in [0.1, 0.15) is 61.6 Å². The van der Waals surface area contributed by atoms with E-state index in [9.17, 15) is 17.6 Å². The summed E-state index contributed by atoms with van der Waals surface area (Å²) in [5.74, 6) is -1.47. The maximum Gasteiger partial charge on any atom is 0.573 e. The number of benzene rings is 3. The van der Waals surface area contributed by atoms with Crippen LogP contribution >= 0.6 is 0 Å². The third-order valence-corrected chi connectivity index (χ3v) is 6.37. The van der Waals surface area contributed by atoms with Crippen molar-refractivity contribution in [3.05, 3.63) is 77.1 Å². The fourth-order valence-electron chi connectivity index (χ4n) is 5.01. The van der Waals surface area contributed by atoms with E-state index in [2.05, 4.69) is 35.9 Å². The summed E-state index contributed by atoms with van der Waals surface area (Å²) >= 11 is 0. The number of rotatable bonds is 6. The monoisotopic (exact) mass is 430 g/mol. The van der Waals surface area contributed by atoms with Crippen molar-refractivity contribution in [2.24, 2.45) is 5.92 Å². The van der Waals surface area contributed by atoms with Gasteiger partial charge in [0.2, 0.25) is 0 Å². The molecule has 0 unspecified atom stereocenters. The molecular formula is C26H26F4O. The Balaban J connectivity index is 1.76. The van der Waals surface area contributed by atoms with Gasteiger partial charge in [0.1, 0.15) is 0 Å².